The molecular formula is C13H17ClF3N3O2S. The SMILES string of the molecule is CS(=O)(=O)CCN1CCN(c2ncc(C(F)(F)F)cc2Cl)CC1. The van der Waals surface area contributed by atoms with Gasteiger partial charge >= 0.3 is 6.18 Å². The smallest absolute Gasteiger partial charge is 0.353 e. The second-order valence-electron chi connectivity index (χ2n) is 5.49. The van der Waals surface area contributed by atoms with Gasteiger partial charge in [-0.3, -0.25) is 4.90 Å². The van der Waals surface area contributed by atoms with Crippen molar-refractivity contribution in [2.45, 2.75) is 6.18 Å². The zero-order valence-corrected chi connectivity index (χ0v) is 14.0. The molecule has 1 aliphatic heterocycles. The molecule has 1 aromatic rings. The molecule has 1 fully saturated rings. The lowest BCUT2D eigenvalue weighted by Gasteiger charge is -2.35. The van der Waals surface area contributed by atoms with E-state index < -0.39 is 21.6 Å². The van der Waals surface area contributed by atoms with E-state index in [9.17, 15) is 21.6 Å². The zero-order valence-electron chi connectivity index (χ0n) is 12.5. The highest BCUT2D eigenvalue weighted by atomic mass is 35.5. The van der Waals surface area contributed by atoms with E-state index in [4.69, 9.17) is 11.6 Å². The number of pyridine rings is 1. The summed E-state index contributed by atoms with van der Waals surface area (Å²) in [7, 11) is -3.01. The van der Waals surface area contributed by atoms with Crippen LogP contribution in [0.4, 0.5) is 19.0 Å². The van der Waals surface area contributed by atoms with Crippen molar-refractivity contribution in [3.63, 3.8) is 0 Å². The van der Waals surface area contributed by atoms with Crippen LogP contribution < -0.4 is 4.90 Å². The molecule has 0 saturated carbocycles. The number of aromatic nitrogens is 1. The summed E-state index contributed by atoms with van der Waals surface area (Å²) >= 11 is 5.93. The summed E-state index contributed by atoms with van der Waals surface area (Å²) in [6.45, 7) is 2.72. The molecule has 0 spiro atoms. The lowest BCUT2D eigenvalue weighted by atomic mass is 10.2. The fraction of sp³-hybridized carbons (Fsp3) is 0.615. The molecule has 23 heavy (non-hydrogen) atoms. The molecule has 0 atom stereocenters. The second kappa shape index (κ2) is 6.82. The molecule has 0 amide bonds. The van der Waals surface area contributed by atoms with Crippen molar-refractivity contribution >= 4 is 27.3 Å². The van der Waals surface area contributed by atoms with E-state index in [0.29, 0.717) is 38.5 Å². The highest BCUT2D eigenvalue weighted by molar-refractivity contribution is 7.90. The van der Waals surface area contributed by atoms with Gasteiger partial charge in [0.05, 0.1) is 16.3 Å². The lowest BCUT2D eigenvalue weighted by molar-refractivity contribution is -0.137. The summed E-state index contributed by atoms with van der Waals surface area (Å²) in [5.41, 5.74) is -0.877. The minimum absolute atomic E-state index is 0.0376. The Labute approximate surface area is 138 Å². The molecule has 2 rings (SSSR count). The van der Waals surface area contributed by atoms with Crippen molar-refractivity contribution < 1.29 is 21.6 Å². The predicted molar refractivity (Wildman–Crippen MR) is 82.6 cm³/mol. The third kappa shape index (κ3) is 5.22. The molecule has 0 aromatic carbocycles. The summed E-state index contributed by atoms with van der Waals surface area (Å²) in [6.07, 6.45) is -2.51. The van der Waals surface area contributed by atoms with E-state index in [1.54, 1.807) is 4.90 Å². The molecule has 0 bridgehead atoms. The summed E-state index contributed by atoms with van der Waals surface area (Å²) in [6, 6.07) is 0.875. The average molecular weight is 372 g/mol. The van der Waals surface area contributed by atoms with Crippen molar-refractivity contribution in [2.75, 3.05) is 49.6 Å². The van der Waals surface area contributed by atoms with Crippen LogP contribution in [-0.2, 0) is 16.0 Å². The monoisotopic (exact) mass is 371 g/mol. The normalized spacial score (nSPS) is 17.5. The number of alkyl halides is 3. The van der Waals surface area contributed by atoms with Crippen LogP contribution in [0, 0.1) is 0 Å². The molecule has 2 heterocycles. The number of hydrogen-bond donors (Lipinski definition) is 0. The molecule has 5 nitrogen and oxygen atoms in total. The molecule has 0 N–H and O–H groups in total. The van der Waals surface area contributed by atoms with Crippen LogP contribution in [0.1, 0.15) is 5.56 Å². The van der Waals surface area contributed by atoms with Crippen LogP contribution in [0.25, 0.3) is 0 Å². The van der Waals surface area contributed by atoms with Gasteiger partial charge < -0.3 is 4.90 Å². The van der Waals surface area contributed by atoms with Crippen molar-refractivity contribution in [1.29, 1.82) is 0 Å². The van der Waals surface area contributed by atoms with E-state index in [1.165, 1.54) is 6.26 Å². The van der Waals surface area contributed by atoms with Gasteiger partial charge in [0.15, 0.2) is 0 Å². The lowest BCUT2D eigenvalue weighted by Crippen LogP contribution is -2.48. The molecule has 10 heteroatoms. The standard InChI is InChI=1S/C13H17ClF3N3O2S/c1-23(21,22)7-6-19-2-4-20(5-3-19)12-11(14)8-10(9-18-12)13(15,16)17/h8-9H,2-7H2,1H3. The number of sulfone groups is 1. The van der Waals surface area contributed by atoms with Crippen molar-refractivity contribution in [2.24, 2.45) is 0 Å². The first-order chi connectivity index (χ1) is 10.6. The minimum Gasteiger partial charge on any atom is -0.353 e. The Morgan fingerprint density at radius 1 is 1.26 bits per heavy atom. The summed E-state index contributed by atoms with van der Waals surface area (Å²) in [4.78, 5) is 7.64. The summed E-state index contributed by atoms with van der Waals surface area (Å²) in [5.74, 6) is 0.411. The van der Waals surface area contributed by atoms with Crippen LogP contribution in [0.3, 0.4) is 0 Å². The van der Waals surface area contributed by atoms with E-state index >= 15 is 0 Å². The first kappa shape index (κ1) is 18.3. The predicted octanol–water partition coefficient (Wildman–Crippen LogP) is 1.92. The van der Waals surface area contributed by atoms with Crippen LogP contribution >= 0.6 is 11.6 Å². The molecule has 0 radical (unpaired) electrons. The fourth-order valence-electron chi connectivity index (χ4n) is 2.30. The van der Waals surface area contributed by atoms with E-state index in [0.717, 1.165) is 12.3 Å². The molecule has 1 saturated heterocycles. The maximum atomic E-state index is 12.6. The Balaban J connectivity index is 1.98. The summed E-state index contributed by atoms with van der Waals surface area (Å²) < 4.78 is 60.1. The van der Waals surface area contributed by atoms with Gasteiger partial charge in [0.1, 0.15) is 15.7 Å². The van der Waals surface area contributed by atoms with Gasteiger partial charge in [-0.25, -0.2) is 13.4 Å². The van der Waals surface area contributed by atoms with Gasteiger partial charge in [-0.15, -0.1) is 0 Å². The van der Waals surface area contributed by atoms with E-state index in [1.807, 2.05) is 4.90 Å². The van der Waals surface area contributed by atoms with Crippen LogP contribution in [-0.4, -0.2) is 63.0 Å². The maximum absolute atomic E-state index is 12.6. The first-order valence-electron chi connectivity index (χ1n) is 6.94. The number of hydrogen-bond acceptors (Lipinski definition) is 5. The number of halogens is 4. The van der Waals surface area contributed by atoms with Crippen LogP contribution in [0.2, 0.25) is 5.02 Å². The molecule has 0 unspecified atom stereocenters. The zero-order chi connectivity index (χ0) is 17.3. The molecule has 1 aliphatic rings. The Hall–Kier alpha value is -1.06. The number of piperazine rings is 1. The molecular weight excluding hydrogens is 355 g/mol. The van der Waals surface area contributed by atoms with Gasteiger partial charge in [0.2, 0.25) is 0 Å². The number of nitrogens with zero attached hydrogens (tertiary/aromatic N) is 3. The third-order valence-corrected chi connectivity index (χ3v) is 4.80. The first-order valence-corrected chi connectivity index (χ1v) is 9.38. The Bertz CT molecular complexity index is 659. The van der Waals surface area contributed by atoms with Crippen LogP contribution in [0.5, 0.6) is 0 Å². The number of rotatable bonds is 4. The topological polar surface area (TPSA) is 53.5 Å². The second-order valence-corrected chi connectivity index (χ2v) is 8.15. The number of anilines is 1. The van der Waals surface area contributed by atoms with Gasteiger partial charge in [-0.2, -0.15) is 13.2 Å². The molecule has 0 aliphatic carbocycles. The maximum Gasteiger partial charge on any atom is 0.417 e. The average Bonchev–Trinajstić information content (AvgIpc) is 2.44. The van der Waals surface area contributed by atoms with Gasteiger partial charge in [-0.05, 0) is 6.07 Å². The van der Waals surface area contributed by atoms with Crippen LogP contribution in [0.15, 0.2) is 12.3 Å². The third-order valence-electron chi connectivity index (χ3n) is 3.60. The van der Waals surface area contributed by atoms with Gasteiger partial charge in [0.25, 0.3) is 0 Å². The van der Waals surface area contributed by atoms with E-state index in [-0.39, 0.29) is 10.8 Å². The largest absolute Gasteiger partial charge is 0.417 e. The Morgan fingerprint density at radius 3 is 2.35 bits per heavy atom. The Kier molecular flexibility index (Phi) is 5.42. The van der Waals surface area contributed by atoms with Crippen molar-refractivity contribution in [3.8, 4) is 0 Å². The van der Waals surface area contributed by atoms with Crippen molar-refractivity contribution in [1.82, 2.24) is 9.88 Å². The van der Waals surface area contributed by atoms with Gasteiger partial charge in [-0.1, -0.05) is 11.6 Å². The molecule has 1 aromatic heterocycles. The quantitative estimate of drug-likeness (QED) is 0.809. The van der Waals surface area contributed by atoms with E-state index in [2.05, 4.69) is 4.98 Å². The highest BCUT2D eigenvalue weighted by Gasteiger charge is 2.32. The molecule has 130 valence electrons. The van der Waals surface area contributed by atoms with Gasteiger partial charge in [0, 0.05) is 45.2 Å². The van der Waals surface area contributed by atoms with Crippen molar-refractivity contribution in [3.05, 3.63) is 22.8 Å². The fourth-order valence-corrected chi connectivity index (χ4v) is 3.17. The Morgan fingerprint density at radius 2 is 1.87 bits per heavy atom. The highest BCUT2D eigenvalue weighted by Crippen LogP contribution is 2.33. The summed E-state index contributed by atoms with van der Waals surface area (Å²) in [5, 5.41) is -0.0376. The minimum atomic E-state index is -4.47.